The maximum Gasteiger partial charge on any atom is 0.265 e. The number of carbonyl (C=O) groups is 2. The minimum Gasteiger partial charge on any atom is -0.495 e. The molecule has 2 atom stereocenters. The van der Waals surface area contributed by atoms with Gasteiger partial charge in [-0.2, -0.15) is 4.31 Å². The number of halogens is 1. The van der Waals surface area contributed by atoms with Crippen LogP contribution in [0.25, 0.3) is 0 Å². The highest BCUT2D eigenvalue weighted by Crippen LogP contribution is 2.34. The molecular weight excluding hydrogens is 470 g/mol. The fourth-order valence-electron chi connectivity index (χ4n) is 3.88. The van der Waals surface area contributed by atoms with Crippen molar-refractivity contribution in [3.05, 3.63) is 41.4 Å². The van der Waals surface area contributed by atoms with Gasteiger partial charge in [-0.15, -0.1) is 0 Å². The van der Waals surface area contributed by atoms with Gasteiger partial charge in [0.25, 0.3) is 5.91 Å². The predicted molar refractivity (Wildman–Crippen MR) is 123 cm³/mol. The minimum absolute atomic E-state index is 0.0253. The van der Waals surface area contributed by atoms with Crippen LogP contribution in [0.3, 0.4) is 0 Å². The number of hydrogen-bond donors (Lipinski definition) is 2. The van der Waals surface area contributed by atoms with Gasteiger partial charge in [0.1, 0.15) is 11.5 Å². The number of carbonyl (C=O) groups excluding carboxylic acids is 2. The van der Waals surface area contributed by atoms with Crippen LogP contribution in [0.4, 0.5) is 11.4 Å². The summed E-state index contributed by atoms with van der Waals surface area (Å²) in [5.41, 5.74) is 0.730. The van der Waals surface area contributed by atoms with Crippen LogP contribution in [-0.4, -0.2) is 50.8 Å². The Bertz CT molecular complexity index is 1200. The smallest absolute Gasteiger partial charge is 0.265 e. The number of methoxy groups -OCH3 is 1. The number of ether oxygens (including phenoxy) is 2. The summed E-state index contributed by atoms with van der Waals surface area (Å²) in [5, 5.41) is 5.90. The van der Waals surface area contributed by atoms with E-state index < -0.39 is 22.0 Å². The van der Waals surface area contributed by atoms with Crippen LogP contribution in [-0.2, 0) is 19.6 Å². The summed E-state index contributed by atoms with van der Waals surface area (Å²) >= 11 is 6.03. The van der Waals surface area contributed by atoms with E-state index in [2.05, 4.69) is 10.6 Å². The first-order chi connectivity index (χ1) is 15.7. The van der Waals surface area contributed by atoms with Crippen molar-refractivity contribution >= 4 is 44.8 Å². The molecule has 2 aliphatic heterocycles. The van der Waals surface area contributed by atoms with Crippen LogP contribution in [0.5, 0.6) is 11.5 Å². The molecule has 0 saturated carbocycles. The Labute approximate surface area is 197 Å². The van der Waals surface area contributed by atoms with E-state index >= 15 is 0 Å². The maximum absolute atomic E-state index is 13.3. The zero-order valence-electron chi connectivity index (χ0n) is 18.1. The highest BCUT2D eigenvalue weighted by atomic mass is 35.5. The second-order valence-corrected chi connectivity index (χ2v) is 10.3. The number of amides is 2. The first kappa shape index (κ1) is 23.3. The zero-order chi connectivity index (χ0) is 23.8. The molecule has 2 aliphatic rings. The Morgan fingerprint density at radius 2 is 2.06 bits per heavy atom. The molecule has 2 amide bonds. The molecule has 11 heteroatoms. The molecule has 2 heterocycles. The van der Waals surface area contributed by atoms with Gasteiger partial charge in [-0.3, -0.25) is 9.59 Å². The second-order valence-electron chi connectivity index (χ2n) is 7.94. The van der Waals surface area contributed by atoms with Crippen LogP contribution in [0.2, 0.25) is 5.02 Å². The van der Waals surface area contributed by atoms with E-state index in [9.17, 15) is 18.0 Å². The van der Waals surface area contributed by atoms with E-state index in [1.165, 1.54) is 29.6 Å². The quantitative estimate of drug-likeness (QED) is 0.661. The van der Waals surface area contributed by atoms with E-state index in [0.717, 1.165) is 0 Å². The summed E-state index contributed by atoms with van der Waals surface area (Å²) in [7, 11) is -2.40. The molecule has 4 rings (SSSR count). The molecule has 1 fully saturated rings. The Hall–Kier alpha value is -2.82. The number of anilines is 2. The lowest BCUT2D eigenvalue weighted by Gasteiger charge is -2.31. The number of fused-ring (bicyclic) bond motifs is 1. The van der Waals surface area contributed by atoms with E-state index in [1.54, 1.807) is 25.1 Å². The highest BCUT2D eigenvalue weighted by molar-refractivity contribution is 7.89. The van der Waals surface area contributed by atoms with Gasteiger partial charge in [0.2, 0.25) is 15.9 Å². The van der Waals surface area contributed by atoms with Crippen molar-refractivity contribution in [1.29, 1.82) is 0 Å². The average molecular weight is 494 g/mol. The van der Waals surface area contributed by atoms with Crippen LogP contribution in [0.15, 0.2) is 41.3 Å². The highest BCUT2D eigenvalue weighted by Gasteiger charge is 2.34. The summed E-state index contributed by atoms with van der Waals surface area (Å²) in [6.07, 6.45) is 0.429. The molecular formula is C22H24ClN3O6S. The molecule has 0 unspecified atom stereocenters. The van der Waals surface area contributed by atoms with Crippen molar-refractivity contribution in [2.24, 2.45) is 5.92 Å². The fraction of sp³-hybridized carbons (Fsp3) is 0.364. The molecule has 9 nitrogen and oxygen atoms in total. The van der Waals surface area contributed by atoms with E-state index in [-0.39, 0.29) is 23.3 Å². The molecule has 0 spiro atoms. The maximum atomic E-state index is 13.3. The van der Waals surface area contributed by atoms with Gasteiger partial charge in [0.15, 0.2) is 6.10 Å². The van der Waals surface area contributed by atoms with Crippen molar-refractivity contribution in [3.8, 4) is 11.5 Å². The fourth-order valence-corrected chi connectivity index (χ4v) is 5.61. The summed E-state index contributed by atoms with van der Waals surface area (Å²) in [4.78, 5) is 24.8. The lowest BCUT2D eigenvalue weighted by atomic mass is 9.98. The summed E-state index contributed by atoms with van der Waals surface area (Å²) < 4.78 is 38.6. The van der Waals surface area contributed by atoms with Crippen molar-refractivity contribution in [1.82, 2.24) is 4.31 Å². The van der Waals surface area contributed by atoms with Gasteiger partial charge in [0, 0.05) is 18.1 Å². The van der Waals surface area contributed by atoms with Gasteiger partial charge < -0.3 is 20.1 Å². The SMILES string of the molecule is COc1ccc(Cl)cc1NC(=O)[C@H]1CCCN(S(=O)(=O)c2ccc3c(c2)NC(=O)[C@@H](C)O3)C1. The number of piperidine rings is 1. The molecule has 2 aromatic carbocycles. The Morgan fingerprint density at radius 3 is 2.82 bits per heavy atom. The largest absolute Gasteiger partial charge is 0.495 e. The second kappa shape index (κ2) is 9.20. The standard InChI is InChI=1S/C22H24ClN3O6S/c1-13-21(27)24-18-11-16(6-8-20(18)32-13)33(29,30)26-9-3-4-14(12-26)22(28)25-17-10-15(23)5-7-19(17)31-2/h5-8,10-11,13-14H,3-4,9,12H2,1-2H3,(H,24,27)(H,25,28)/t13-,14+/m1/s1. The van der Waals surface area contributed by atoms with Crippen LogP contribution in [0.1, 0.15) is 19.8 Å². The van der Waals surface area contributed by atoms with Crippen molar-refractivity contribution in [3.63, 3.8) is 0 Å². The normalized spacial score (nSPS) is 20.9. The lowest BCUT2D eigenvalue weighted by Crippen LogP contribution is -2.43. The number of nitrogens with zero attached hydrogens (tertiary/aromatic N) is 1. The number of benzene rings is 2. The molecule has 0 aromatic heterocycles. The van der Waals surface area contributed by atoms with Crippen molar-refractivity contribution < 1.29 is 27.5 Å². The van der Waals surface area contributed by atoms with Crippen molar-refractivity contribution in [2.45, 2.75) is 30.8 Å². The summed E-state index contributed by atoms with van der Waals surface area (Å²) in [5.74, 6) is -0.328. The van der Waals surface area contributed by atoms with Gasteiger partial charge >= 0.3 is 0 Å². The monoisotopic (exact) mass is 493 g/mol. The van der Waals surface area contributed by atoms with Gasteiger partial charge in [-0.05, 0) is 56.2 Å². The molecule has 2 N–H and O–H groups in total. The molecule has 1 saturated heterocycles. The van der Waals surface area contributed by atoms with Gasteiger partial charge in [-0.1, -0.05) is 11.6 Å². The third-order valence-corrected chi connectivity index (χ3v) is 7.79. The van der Waals surface area contributed by atoms with Crippen LogP contribution < -0.4 is 20.1 Å². The number of sulfonamides is 1. The van der Waals surface area contributed by atoms with Crippen molar-refractivity contribution in [2.75, 3.05) is 30.8 Å². The molecule has 2 aromatic rings. The Morgan fingerprint density at radius 1 is 1.27 bits per heavy atom. The first-order valence-electron chi connectivity index (χ1n) is 10.4. The number of nitrogens with one attached hydrogen (secondary N) is 2. The third-order valence-electron chi connectivity index (χ3n) is 5.69. The van der Waals surface area contributed by atoms with Gasteiger partial charge in [0.05, 0.1) is 29.3 Å². The average Bonchev–Trinajstić information content (AvgIpc) is 2.79. The molecule has 0 radical (unpaired) electrons. The molecule has 0 aliphatic carbocycles. The summed E-state index contributed by atoms with van der Waals surface area (Å²) in [6.45, 7) is 1.94. The molecule has 0 bridgehead atoms. The minimum atomic E-state index is -3.88. The first-order valence-corrected chi connectivity index (χ1v) is 12.3. The molecule has 33 heavy (non-hydrogen) atoms. The van der Waals surface area contributed by atoms with Gasteiger partial charge in [-0.25, -0.2) is 8.42 Å². The van der Waals surface area contributed by atoms with Crippen LogP contribution in [0, 0.1) is 5.92 Å². The number of rotatable bonds is 5. The molecule has 176 valence electrons. The van der Waals surface area contributed by atoms with E-state index in [0.29, 0.717) is 47.3 Å². The number of hydrogen-bond acceptors (Lipinski definition) is 6. The third kappa shape index (κ3) is 4.78. The van der Waals surface area contributed by atoms with Crippen LogP contribution >= 0.6 is 11.6 Å². The Kier molecular flexibility index (Phi) is 6.51. The summed E-state index contributed by atoms with van der Waals surface area (Å²) in [6, 6.07) is 9.23. The zero-order valence-corrected chi connectivity index (χ0v) is 19.7. The predicted octanol–water partition coefficient (Wildman–Crippen LogP) is 3.11. The van der Waals surface area contributed by atoms with E-state index in [1.807, 2.05) is 0 Å². The topological polar surface area (TPSA) is 114 Å². The lowest BCUT2D eigenvalue weighted by molar-refractivity contribution is -0.123. The van der Waals surface area contributed by atoms with E-state index in [4.69, 9.17) is 21.1 Å². The Balaban J connectivity index is 1.51.